The molecule has 0 aromatic rings. The number of hydrogen-bond donors (Lipinski definition) is 0. The molecule has 16 heavy (non-hydrogen) atoms. The van der Waals surface area contributed by atoms with Crippen LogP contribution in [0.1, 0.15) is 33.6 Å². The van der Waals surface area contributed by atoms with E-state index < -0.39 is 10.8 Å². The van der Waals surface area contributed by atoms with Gasteiger partial charge < -0.3 is 9.47 Å². The summed E-state index contributed by atoms with van der Waals surface area (Å²) in [4.78, 5) is 23.5. The predicted octanol–water partition coefficient (Wildman–Crippen LogP) is 1.77. The van der Waals surface area contributed by atoms with E-state index in [1.54, 1.807) is 0 Å². The van der Waals surface area contributed by atoms with E-state index in [-0.39, 0.29) is 17.9 Å². The fraction of sp³-hybridized carbons (Fsp3) is 0.833. The second-order valence-electron chi connectivity index (χ2n) is 5.16. The number of carbonyl (C=O) groups excluding carboxylic acids is 2. The molecule has 1 fully saturated rings. The van der Waals surface area contributed by atoms with Crippen LogP contribution in [0.15, 0.2) is 0 Å². The van der Waals surface area contributed by atoms with E-state index in [0.29, 0.717) is 12.8 Å². The number of ether oxygens (including phenoxy) is 2. The molecule has 0 radical (unpaired) electrons. The first-order valence-electron chi connectivity index (χ1n) is 5.47. The van der Waals surface area contributed by atoms with Crippen molar-refractivity contribution in [1.29, 1.82) is 0 Å². The van der Waals surface area contributed by atoms with Crippen LogP contribution >= 0.6 is 0 Å². The second-order valence-corrected chi connectivity index (χ2v) is 5.16. The van der Waals surface area contributed by atoms with Gasteiger partial charge in [0, 0.05) is 0 Å². The van der Waals surface area contributed by atoms with Crippen LogP contribution in [0.25, 0.3) is 0 Å². The summed E-state index contributed by atoms with van der Waals surface area (Å²) in [5, 5.41) is 0. The maximum Gasteiger partial charge on any atom is 0.312 e. The van der Waals surface area contributed by atoms with Crippen molar-refractivity contribution < 1.29 is 19.1 Å². The van der Waals surface area contributed by atoms with Crippen molar-refractivity contribution in [2.75, 3.05) is 14.2 Å². The quantitative estimate of drug-likeness (QED) is 0.676. The third kappa shape index (κ3) is 1.60. The predicted molar refractivity (Wildman–Crippen MR) is 58.6 cm³/mol. The average Bonchev–Trinajstić information content (AvgIpc) is 2.49. The highest BCUT2D eigenvalue weighted by Crippen LogP contribution is 2.56. The van der Waals surface area contributed by atoms with E-state index in [4.69, 9.17) is 9.47 Å². The lowest BCUT2D eigenvalue weighted by atomic mass is 9.65. The summed E-state index contributed by atoms with van der Waals surface area (Å²) in [7, 11) is 2.77. The SMILES string of the molecule is COC(=O)[C@@H]1CC[C@](C)(C(=O)OC)C1(C)C. The summed E-state index contributed by atoms with van der Waals surface area (Å²) in [5.74, 6) is -0.719. The number of rotatable bonds is 2. The van der Waals surface area contributed by atoms with Gasteiger partial charge >= 0.3 is 11.9 Å². The Morgan fingerprint density at radius 1 is 1.12 bits per heavy atom. The summed E-state index contributed by atoms with van der Waals surface area (Å²) in [6.07, 6.45) is 1.33. The van der Waals surface area contributed by atoms with Crippen molar-refractivity contribution in [2.24, 2.45) is 16.7 Å². The Labute approximate surface area is 96.3 Å². The molecule has 0 unspecified atom stereocenters. The first kappa shape index (κ1) is 13.0. The molecule has 0 aromatic carbocycles. The largest absolute Gasteiger partial charge is 0.469 e. The van der Waals surface area contributed by atoms with E-state index in [1.165, 1.54) is 14.2 Å². The molecule has 0 heterocycles. The monoisotopic (exact) mass is 228 g/mol. The van der Waals surface area contributed by atoms with Gasteiger partial charge in [-0.2, -0.15) is 0 Å². The van der Waals surface area contributed by atoms with Gasteiger partial charge in [0.25, 0.3) is 0 Å². The first-order chi connectivity index (χ1) is 7.31. The fourth-order valence-electron chi connectivity index (χ4n) is 2.65. The van der Waals surface area contributed by atoms with Crippen LogP contribution in [0.2, 0.25) is 0 Å². The maximum absolute atomic E-state index is 11.8. The highest BCUT2D eigenvalue weighted by atomic mass is 16.5. The molecule has 0 saturated heterocycles. The third-order valence-corrected chi connectivity index (χ3v) is 4.35. The normalized spacial score (nSPS) is 32.2. The lowest BCUT2D eigenvalue weighted by molar-refractivity contribution is -0.161. The van der Waals surface area contributed by atoms with Gasteiger partial charge in [0.15, 0.2) is 0 Å². The highest BCUT2D eigenvalue weighted by Gasteiger charge is 2.59. The zero-order chi connectivity index (χ0) is 12.6. The molecular formula is C12H20O4. The van der Waals surface area contributed by atoms with Crippen LogP contribution in [0.5, 0.6) is 0 Å². The lowest BCUT2D eigenvalue weighted by Crippen LogP contribution is -2.43. The van der Waals surface area contributed by atoms with Crippen LogP contribution in [0, 0.1) is 16.7 Å². The van der Waals surface area contributed by atoms with Gasteiger partial charge in [0.2, 0.25) is 0 Å². The molecule has 2 atom stereocenters. The van der Waals surface area contributed by atoms with E-state index >= 15 is 0 Å². The van der Waals surface area contributed by atoms with Crippen LogP contribution < -0.4 is 0 Å². The van der Waals surface area contributed by atoms with Crippen molar-refractivity contribution in [3.05, 3.63) is 0 Å². The van der Waals surface area contributed by atoms with Crippen molar-refractivity contribution in [1.82, 2.24) is 0 Å². The lowest BCUT2D eigenvalue weighted by Gasteiger charge is -2.38. The summed E-state index contributed by atoms with van der Waals surface area (Å²) in [6.45, 7) is 5.72. The molecule has 4 nitrogen and oxygen atoms in total. The van der Waals surface area contributed by atoms with E-state index in [2.05, 4.69) is 0 Å². The van der Waals surface area contributed by atoms with E-state index in [9.17, 15) is 9.59 Å². The molecule has 0 aliphatic heterocycles. The zero-order valence-electron chi connectivity index (χ0n) is 10.6. The molecule has 0 spiro atoms. The Morgan fingerprint density at radius 3 is 2.12 bits per heavy atom. The second kappa shape index (κ2) is 4.07. The number of carbonyl (C=O) groups is 2. The summed E-state index contributed by atoms with van der Waals surface area (Å²) < 4.78 is 9.63. The maximum atomic E-state index is 11.8. The molecule has 1 saturated carbocycles. The Kier molecular flexibility index (Phi) is 3.31. The number of esters is 2. The zero-order valence-corrected chi connectivity index (χ0v) is 10.6. The third-order valence-electron chi connectivity index (χ3n) is 4.35. The van der Waals surface area contributed by atoms with Gasteiger partial charge in [-0.25, -0.2) is 0 Å². The van der Waals surface area contributed by atoms with Gasteiger partial charge in [-0.05, 0) is 25.2 Å². The minimum atomic E-state index is -0.611. The molecule has 0 N–H and O–H groups in total. The number of hydrogen-bond acceptors (Lipinski definition) is 4. The van der Waals surface area contributed by atoms with Gasteiger partial charge in [-0.1, -0.05) is 13.8 Å². The van der Waals surface area contributed by atoms with Crippen LogP contribution in [0.3, 0.4) is 0 Å². The Morgan fingerprint density at radius 2 is 1.69 bits per heavy atom. The van der Waals surface area contributed by atoms with Gasteiger partial charge in [0.05, 0.1) is 25.6 Å². The minimum absolute atomic E-state index is 0.235. The van der Waals surface area contributed by atoms with Crippen LogP contribution in [-0.2, 0) is 19.1 Å². The molecule has 0 aromatic heterocycles. The standard InChI is InChI=1S/C12H20O4/c1-11(2)8(9(13)15-4)6-7-12(11,3)10(14)16-5/h8H,6-7H2,1-5H3/t8-,12+/m0/s1. The molecule has 0 bridgehead atoms. The molecule has 1 rings (SSSR count). The molecule has 4 heteroatoms. The molecule has 1 aliphatic carbocycles. The summed E-state index contributed by atoms with van der Waals surface area (Å²) >= 11 is 0. The first-order valence-corrected chi connectivity index (χ1v) is 5.47. The van der Waals surface area contributed by atoms with Crippen molar-refractivity contribution in [2.45, 2.75) is 33.6 Å². The Hall–Kier alpha value is -1.06. The minimum Gasteiger partial charge on any atom is -0.469 e. The van der Waals surface area contributed by atoms with Gasteiger partial charge in [-0.3, -0.25) is 9.59 Å². The van der Waals surface area contributed by atoms with E-state index in [1.807, 2.05) is 20.8 Å². The fourth-order valence-corrected chi connectivity index (χ4v) is 2.65. The van der Waals surface area contributed by atoms with E-state index in [0.717, 1.165) is 0 Å². The van der Waals surface area contributed by atoms with Crippen molar-refractivity contribution >= 4 is 11.9 Å². The van der Waals surface area contributed by atoms with Crippen LogP contribution in [-0.4, -0.2) is 26.2 Å². The number of methoxy groups -OCH3 is 2. The van der Waals surface area contributed by atoms with Crippen molar-refractivity contribution in [3.63, 3.8) is 0 Å². The average molecular weight is 228 g/mol. The Balaban J connectivity index is 3.03. The molecular weight excluding hydrogens is 208 g/mol. The van der Waals surface area contributed by atoms with Gasteiger partial charge in [-0.15, -0.1) is 0 Å². The van der Waals surface area contributed by atoms with Gasteiger partial charge in [0.1, 0.15) is 0 Å². The van der Waals surface area contributed by atoms with Crippen LogP contribution in [0.4, 0.5) is 0 Å². The highest BCUT2D eigenvalue weighted by molar-refractivity contribution is 5.82. The smallest absolute Gasteiger partial charge is 0.312 e. The summed E-state index contributed by atoms with van der Waals surface area (Å²) in [6, 6.07) is 0. The molecule has 1 aliphatic rings. The van der Waals surface area contributed by atoms with Crippen molar-refractivity contribution in [3.8, 4) is 0 Å². The Bertz CT molecular complexity index is 308. The molecule has 92 valence electrons. The molecule has 0 amide bonds. The topological polar surface area (TPSA) is 52.6 Å². The summed E-state index contributed by atoms with van der Waals surface area (Å²) in [5.41, 5.74) is -1.05.